The smallest absolute Gasteiger partial charge is 0.264 e. The Labute approximate surface area is 123 Å². The van der Waals surface area contributed by atoms with E-state index < -0.39 is 0 Å². The van der Waals surface area contributed by atoms with Crippen molar-refractivity contribution >= 4 is 18.4 Å². The molecule has 2 N–H and O–H groups in total. The molecule has 1 fully saturated rings. The zero-order valence-electron chi connectivity index (χ0n) is 11.8. The van der Waals surface area contributed by atoms with Crippen molar-refractivity contribution in [3.8, 4) is 5.88 Å². The monoisotopic (exact) mass is 295 g/mol. The van der Waals surface area contributed by atoms with Crippen molar-refractivity contribution in [3.05, 3.63) is 20.7 Å². The summed E-state index contributed by atoms with van der Waals surface area (Å²) < 4.78 is 1.91. The summed E-state index contributed by atoms with van der Waals surface area (Å²) in [7, 11) is 0. The molecule has 1 heterocycles. The highest BCUT2D eigenvalue weighted by atomic mass is 32.1. The minimum Gasteiger partial charge on any atom is -0.494 e. The highest BCUT2D eigenvalue weighted by molar-refractivity contribution is 7.71. The molecule has 6 heteroatoms. The van der Waals surface area contributed by atoms with Crippen LogP contribution in [-0.2, 0) is 0 Å². The van der Waals surface area contributed by atoms with Gasteiger partial charge in [0.1, 0.15) is 5.56 Å². The molecular formula is C14H21N3O2S. The van der Waals surface area contributed by atoms with Crippen molar-refractivity contribution < 1.29 is 5.11 Å². The molecule has 0 spiro atoms. The fraction of sp³-hybridized carbons (Fsp3) is 0.643. The van der Waals surface area contributed by atoms with Crippen LogP contribution in [0.15, 0.2) is 9.79 Å². The number of nitrogens with zero attached hydrogens (tertiary/aromatic N) is 2. The number of H-pyrrole nitrogens is 1. The zero-order valence-corrected chi connectivity index (χ0v) is 12.6. The SMILES string of the molecule is CCCCCCN=Cc1c(O)n(C2CC2)c(=S)[nH]c1=O. The first kappa shape index (κ1) is 15.0. The lowest BCUT2D eigenvalue weighted by Crippen LogP contribution is -2.18. The van der Waals surface area contributed by atoms with Gasteiger partial charge in [0.2, 0.25) is 5.88 Å². The molecule has 0 saturated heterocycles. The van der Waals surface area contributed by atoms with Gasteiger partial charge in [-0.3, -0.25) is 19.3 Å². The highest BCUT2D eigenvalue weighted by Gasteiger charge is 2.27. The van der Waals surface area contributed by atoms with Gasteiger partial charge in [0.25, 0.3) is 5.56 Å². The molecule has 1 aliphatic rings. The molecule has 2 rings (SSSR count). The first-order valence-electron chi connectivity index (χ1n) is 7.22. The first-order chi connectivity index (χ1) is 9.65. The largest absolute Gasteiger partial charge is 0.494 e. The molecule has 0 aromatic carbocycles. The second kappa shape index (κ2) is 6.83. The molecule has 1 aliphatic carbocycles. The number of rotatable bonds is 7. The Morgan fingerprint density at radius 2 is 2.20 bits per heavy atom. The molecule has 110 valence electrons. The predicted octanol–water partition coefficient (Wildman–Crippen LogP) is 2.95. The molecule has 1 aromatic rings. The molecule has 1 aromatic heterocycles. The van der Waals surface area contributed by atoms with E-state index >= 15 is 0 Å². The van der Waals surface area contributed by atoms with E-state index in [1.807, 2.05) is 0 Å². The molecular weight excluding hydrogens is 274 g/mol. The maximum absolute atomic E-state index is 11.8. The Morgan fingerprint density at radius 1 is 1.45 bits per heavy atom. The second-order valence-electron chi connectivity index (χ2n) is 5.19. The minimum absolute atomic E-state index is 0.0569. The fourth-order valence-corrected chi connectivity index (χ4v) is 2.45. The lowest BCUT2D eigenvalue weighted by atomic mass is 10.2. The van der Waals surface area contributed by atoms with Gasteiger partial charge < -0.3 is 5.11 Å². The Kier molecular flexibility index (Phi) is 5.11. The van der Waals surface area contributed by atoms with Crippen molar-refractivity contribution in [2.45, 2.75) is 51.5 Å². The highest BCUT2D eigenvalue weighted by Crippen LogP contribution is 2.37. The van der Waals surface area contributed by atoms with Crippen molar-refractivity contribution in [1.29, 1.82) is 0 Å². The number of aromatic nitrogens is 2. The van der Waals surface area contributed by atoms with Gasteiger partial charge in [-0.2, -0.15) is 0 Å². The van der Waals surface area contributed by atoms with Crippen LogP contribution in [0.3, 0.4) is 0 Å². The van der Waals surface area contributed by atoms with Crippen LogP contribution in [0.2, 0.25) is 0 Å². The zero-order chi connectivity index (χ0) is 14.5. The van der Waals surface area contributed by atoms with Crippen molar-refractivity contribution in [2.75, 3.05) is 6.54 Å². The quantitative estimate of drug-likeness (QED) is 0.461. The van der Waals surface area contributed by atoms with Crippen LogP contribution in [0, 0.1) is 4.77 Å². The van der Waals surface area contributed by atoms with Crippen LogP contribution in [0.25, 0.3) is 0 Å². The molecule has 0 radical (unpaired) electrons. The van der Waals surface area contributed by atoms with Crippen LogP contribution >= 0.6 is 12.2 Å². The summed E-state index contributed by atoms with van der Waals surface area (Å²) in [5.41, 5.74) is -0.164. The maximum Gasteiger partial charge on any atom is 0.264 e. The molecule has 0 amide bonds. The van der Waals surface area contributed by atoms with Gasteiger partial charge in [-0.1, -0.05) is 26.2 Å². The van der Waals surface area contributed by atoms with Crippen LogP contribution < -0.4 is 5.56 Å². The summed E-state index contributed by atoms with van der Waals surface area (Å²) in [6, 6.07) is 0.219. The molecule has 0 aliphatic heterocycles. The summed E-state index contributed by atoms with van der Waals surface area (Å²) in [6.45, 7) is 2.84. The van der Waals surface area contributed by atoms with Crippen LogP contribution in [0.5, 0.6) is 5.88 Å². The van der Waals surface area contributed by atoms with Crippen molar-refractivity contribution in [3.63, 3.8) is 0 Å². The summed E-state index contributed by atoms with van der Waals surface area (Å²) in [6.07, 6.45) is 7.98. The number of hydrogen-bond acceptors (Lipinski definition) is 4. The van der Waals surface area contributed by atoms with E-state index in [1.165, 1.54) is 19.1 Å². The van der Waals surface area contributed by atoms with Crippen LogP contribution in [0.4, 0.5) is 0 Å². The van der Waals surface area contributed by atoms with E-state index in [0.29, 0.717) is 6.54 Å². The maximum atomic E-state index is 11.8. The van der Waals surface area contributed by atoms with E-state index in [0.717, 1.165) is 25.7 Å². The Balaban J connectivity index is 2.11. The predicted molar refractivity (Wildman–Crippen MR) is 82.4 cm³/mol. The van der Waals surface area contributed by atoms with E-state index in [1.54, 1.807) is 4.57 Å². The molecule has 0 bridgehead atoms. The Morgan fingerprint density at radius 3 is 2.85 bits per heavy atom. The second-order valence-corrected chi connectivity index (χ2v) is 5.58. The number of aliphatic imine (C=N–C) groups is 1. The Bertz CT molecular complexity index is 599. The van der Waals surface area contributed by atoms with Crippen molar-refractivity contribution in [2.24, 2.45) is 4.99 Å². The minimum atomic E-state index is -0.373. The number of nitrogens with one attached hydrogen (secondary N) is 1. The average Bonchev–Trinajstić information content (AvgIpc) is 3.21. The number of aromatic hydroxyl groups is 1. The first-order valence-corrected chi connectivity index (χ1v) is 7.63. The third kappa shape index (κ3) is 3.56. The lowest BCUT2D eigenvalue weighted by molar-refractivity contribution is 0.405. The van der Waals surface area contributed by atoms with Gasteiger partial charge >= 0.3 is 0 Å². The van der Waals surface area contributed by atoms with E-state index in [9.17, 15) is 9.90 Å². The molecule has 0 unspecified atom stereocenters. The molecule has 5 nitrogen and oxygen atoms in total. The van der Waals surface area contributed by atoms with Gasteiger partial charge in [0.05, 0.1) is 0 Å². The standard InChI is InChI=1S/C14H21N3O2S/c1-2-3-4-5-8-15-9-11-12(18)16-14(20)17(13(11)19)10-6-7-10/h9-10,19H,2-8H2,1H3,(H,16,18,20). The third-order valence-corrected chi connectivity index (χ3v) is 3.72. The Hall–Kier alpha value is -1.43. The average molecular weight is 295 g/mol. The normalized spacial score (nSPS) is 15.1. The van der Waals surface area contributed by atoms with Crippen LogP contribution in [0.1, 0.15) is 57.1 Å². The number of unbranched alkanes of at least 4 members (excludes halogenated alkanes) is 3. The van der Waals surface area contributed by atoms with Gasteiger partial charge in [-0.05, 0) is 31.5 Å². The summed E-state index contributed by atoms with van der Waals surface area (Å²) in [5.74, 6) is -0.0569. The lowest BCUT2D eigenvalue weighted by Gasteiger charge is -2.09. The van der Waals surface area contributed by atoms with Gasteiger partial charge in [0, 0.05) is 18.8 Å². The molecule has 0 atom stereocenters. The van der Waals surface area contributed by atoms with Gasteiger partial charge in [-0.15, -0.1) is 0 Å². The van der Waals surface area contributed by atoms with Crippen molar-refractivity contribution in [1.82, 2.24) is 9.55 Å². The number of hydrogen-bond donors (Lipinski definition) is 2. The van der Waals surface area contributed by atoms with Crippen LogP contribution in [-0.4, -0.2) is 27.4 Å². The van der Waals surface area contributed by atoms with Gasteiger partial charge in [-0.25, -0.2) is 0 Å². The topological polar surface area (TPSA) is 70.4 Å². The number of aromatic amines is 1. The van der Waals surface area contributed by atoms with E-state index in [4.69, 9.17) is 12.2 Å². The fourth-order valence-electron chi connectivity index (χ4n) is 2.13. The van der Waals surface area contributed by atoms with Gasteiger partial charge in [0.15, 0.2) is 4.77 Å². The molecule has 20 heavy (non-hydrogen) atoms. The molecule has 1 saturated carbocycles. The summed E-state index contributed by atoms with van der Waals surface area (Å²) in [4.78, 5) is 18.7. The summed E-state index contributed by atoms with van der Waals surface area (Å²) in [5, 5.41) is 10.2. The van der Waals surface area contributed by atoms with E-state index in [-0.39, 0.29) is 27.8 Å². The summed E-state index contributed by atoms with van der Waals surface area (Å²) >= 11 is 5.09. The van der Waals surface area contributed by atoms with E-state index in [2.05, 4.69) is 16.9 Å². The third-order valence-electron chi connectivity index (χ3n) is 3.43.